The Labute approximate surface area is 107 Å². The van der Waals surface area contributed by atoms with Crippen LogP contribution in [0.5, 0.6) is 0 Å². The van der Waals surface area contributed by atoms with Gasteiger partial charge in [-0.3, -0.25) is 0 Å². The summed E-state index contributed by atoms with van der Waals surface area (Å²) in [6.07, 6.45) is 0. The van der Waals surface area contributed by atoms with Crippen molar-refractivity contribution in [2.45, 2.75) is 86.2 Å². The molecular formula is C13H36OSi2. The molecule has 0 rings (SSSR count). The summed E-state index contributed by atoms with van der Waals surface area (Å²) < 4.78 is 6.65. The van der Waals surface area contributed by atoms with E-state index < -0.39 is 16.6 Å². The second-order valence-corrected chi connectivity index (χ2v) is 14.1. The lowest BCUT2D eigenvalue weighted by molar-refractivity contribution is 0.517. The summed E-state index contributed by atoms with van der Waals surface area (Å²) in [5.74, 6) is 0. The van der Waals surface area contributed by atoms with Crippen molar-refractivity contribution in [2.24, 2.45) is 0 Å². The molecule has 102 valence electrons. The molecule has 0 aliphatic carbocycles. The molecule has 0 bridgehead atoms. The Hall–Kier alpha value is 0.394. The predicted molar refractivity (Wildman–Crippen MR) is 84.3 cm³/mol. The highest BCUT2D eigenvalue weighted by atomic mass is 28.4. The molecule has 0 heterocycles. The van der Waals surface area contributed by atoms with E-state index in [0.717, 1.165) is 0 Å². The molecule has 0 aliphatic heterocycles. The zero-order chi connectivity index (χ0) is 11.2. The molecular weight excluding hydrogens is 228 g/mol. The fourth-order valence-electron chi connectivity index (χ4n) is 1.88. The van der Waals surface area contributed by atoms with Crippen LogP contribution in [-0.4, -0.2) is 16.6 Å². The molecule has 0 N–H and O–H groups in total. The van der Waals surface area contributed by atoms with Crippen molar-refractivity contribution in [3.63, 3.8) is 0 Å². The van der Waals surface area contributed by atoms with Crippen LogP contribution >= 0.6 is 0 Å². The van der Waals surface area contributed by atoms with Gasteiger partial charge in [-0.2, -0.15) is 0 Å². The van der Waals surface area contributed by atoms with Crippen LogP contribution in [0, 0.1) is 0 Å². The molecule has 3 heteroatoms. The van der Waals surface area contributed by atoms with Gasteiger partial charge in [0.15, 0.2) is 16.6 Å². The summed E-state index contributed by atoms with van der Waals surface area (Å²) in [5.41, 5.74) is 0. The summed E-state index contributed by atoms with van der Waals surface area (Å²) >= 11 is 0. The third-order valence-corrected chi connectivity index (χ3v) is 14.5. The molecule has 0 spiro atoms. The van der Waals surface area contributed by atoms with Gasteiger partial charge >= 0.3 is 0 Å². The van der Waals surface area contributed by atoms with Crippen LogP contribution < -0.4 is 0 Å². The molecule has 0 aromatic rings. The molecule has 0 unspecified atom stereocenters. The van der Waals surface area contributed by atoms with E-state index in [1.54, 1.807) is 0 Å². The van der Waals surface area contributed by atoms with Crippen LogP contribution in [0.4, 0.5) is 0 Å². The standard InChI is InChI=1S/C11H28OSi2.2CH4/c1-7-13(6,8-2)12-14(9-3,10-4)11-5;;/h7-11H2,1-6H3;2*1H4. The van der Waals surface area contributed by atoms with Gasteiger partial charge in [0.25, 0.3) is 0 Å². The summed E-state index contributed by atoms with van der Waals surface area (Å²) in [7, 11) is -2.67. The average Bonchev–Trinajstić information content (AvgIpc) is 2.26. The number of hydrogen-bond acceptors (Lipinski definition) is 1. The molecule has 0 aromatic carbocycles. The van der Waals surface area contributed by atoms with Gasteiger partial charge in [0.1, 0.15) is 0 Å². The Balaban J connectivity index is -0.000000845. The summed E-state index contributed by atoms with van der Waals surface area (Å²) in [4.78, 5) is 0. The van der Waals surface area contributed by atoms with E-state index in [-0.39, 0.29) is 14.9 Å². The second-order valence-electron chi connectivity index (χ2n) is 4.50. The van der Waals surface area contributed by atoms with Gasteiger partial charge < -0.3 is 4.12 Å². The van der Waals surface area contributed by atoms with Crippen LogP contribution in [0.1, 0.15) is 49.5 Å². The number of rotatable bonds is 7. The van der Waals surface area contributed by atoms with Crippen molar-refractivity contribution < 1.29 is 4.12 Å². The minimum Gasteiger partial charge on any atom is -0.455 e. The largest absolute Gasteiger partial charge is 0.455 e. The van der Waals surface area contributed by atoms with Crippen LogP contribution in [0.15, 0.2) is 0 Å². The molecule has 16 heavy (non-hydrogen) atoms. The van der Waals surface area contributed by atoms with Crippen molar-refractivity contribution in [3.05, 3.63) is 0 Å². The van der Waals surface area contributed by atoms with E-state index in [9.17, 15) is 0 Å². The number of hydrogen-bond donors (Lipinski definition) is 0. The molecule has 0 aromatic heterocycles. The zero-order valence-corrected chi connectivity index (χ0v) is 12.9. The second kappa shape index (κ2) is 9.43. The van der Waals surface area contributed by atoms with Crippen molar-refractivity contribution >= 4 is 16.6 Å². The highest BCUT2D eigenvalue weighted by molar-refractivity contribution is 6.86. The van der Waals surface area contributed by atoms with Gasteiger partial charge in [-0.25, -0.2) is 0 Å². The summed E-state index contributed by atoms with van der Waals surface area (Å²) in [6.45, 7) is 14.0. The van der Waals surface area contributed by atoms with Crippen molar-refractivity contribution in [3.8, 4) is 0 Å². The van der Waals surface area contributed by atoms with E-state index in [1.807, 2.05) is 0 Å². The Morgan fingerprint density at radius 3 is 1.19 bits per heavy atom. The van der Waals surface area contributed by atoms with Crippen LogP contribution in [0.25, 0.3) is 0 Å². The smallest absolute Gasteiger partial charge is 0.178 e. The molecule has 0 saturated heterocycles. The molecule has 0 radical (unpaired) electrons. The Bertz CT molecular complexity index is 144. The minimum atomic E-state index is -1.33. The lowest BCUT2D eigenvalue weighted by atomic mass is 10.9. The monoisotopic (exact) mass is 264 g/mol. The minimum absolute atomic E-state index is 0. The third kappa shape index (κ3) is 5.64. The molecule has 0 atom stereocenters. The maximum atomic E-state index is 6.65. The highest BCUT2D eigenvalue weighted by Crippen LogP contribution is 2.29. The van der Waals surface area contributed by atoms with Crippen molar-refractivity contribution in [1.29, 1.82) is 0 Å². The van der Waals surface area contributed by atoms with Gasteiger partial charge in [-0.15, -0.1) is 0 Å². The Morgan fingerprint density at radius 1 is 0.688 bits per heavy atom. The molecule has 0 fully saturated rings. The summed E-state index contributed by atoms with van der Waals surface area (Å²) in [6, 6.07) is 6.43. The normalized spacial score (nSPS) is 11.6. The van der Waals surface area contributed by atoms with Gasteiger partial charge in [0.2, 0.25) is 0 Å². The average molecular weight is 265 g/mol. The fourth-order valence-corrected chi connectivity index (χ4v) is 11.0. The third-order valence-electron chi connectivity index (χ3n) is 3.89. The fraction of sp³-hybridized carbons (Fsp3) is 1.00. The quantitative estimate of drug-likeness (QED) is 0.521. The summed E-state index contributed by atoms with van der Waals surface area (Å²) in [5, 5.41) is 0. The molecule has 0 saturated carbocycles. The van der Waals surface area contributed by atoms with Crippen LogP contribution in [0.3, 0.4) is 0 Å². The van der Waals surface area contributed by atoms with Crippen LogP contribution in [-0.2, 0) is 4.12 Å². The van der Waals surface area contributed by atoms with E-state index >= 15 is 0 Å². The first-order valence-corrected chi connectivity index (χ1v) is 11.6. The molecule has 1 nitrogen and oxygen atoms in total. The maximum absolute atomic E-state index is 6.65. The first kappa shape index (κ1) is 21.7. The lowest BCUT2D eigenvalue weighted by Crippen LogP contribution is -2.48. The predicted octanol–water partition coefficient (Wildman–Crippen LogP) is 5.90. The van der Waals surface area contributed by atoms with Crippen molar-refractivity contribution in [2.75, 3.05) is 0 Å². The van der Waals surface area contributed by atoms with Crippen LogP contribution in [0.2, 0.25) is 36.8 Å². The van der Waals surface area contributed by atoms with Gasteiger partial charge in [-0.05, 0) is 36.8 Å². The maximum Gasteiger partial charge on any atom is 0.178 e. The Kier molecular flexibility index (Phi) is 12.8. The van der Waals surface area contributed by atoms with E-state index in [2.05, 4.69) is 41.2 Å². The first-order chi connectivity index (χ1) is 6.51. The van der Waals surface area contributed by atoms with E-state index in [0.29, 0.717) is 0 Å². The zero-order valence-electron chi connectivity index (χ0n) is 10.9. The van der Waals surface area contributed by atoms with Crippen molar-refractivity contribution in [1.82, 2.24) is 0 Å². The van der Waals surface area contributed by atoms with E-state index in [4.69, 9.17) is 4.12 Å². The van der Waals surface area contributed by atoms with Gasteiger partial charge in [-0.1, -0.05) is 49.5 Å². The Morgan fingerprint density at radius 2 is 1.00 bits per heavy atom. The van der Waals surface area contributed by atoms with Gasteiger partial charge in [0, 0.05) is 0 Å². The lowest BCUT2D eigenvalue weighted by Gasteiger charge is -2.38. The first-order valence-electron chi connectivity index (χ1n) is 6.21. The molecule has 0 amide bonds. The van der Waals surface area contributed by atoms with Gasteiger partial charge in [0.05, 0.1) is 0 Å². The SMILES string of the molecule is C.C.CC[Si](C)(CC)O[Si](CC)(CC)CC. The topological polar surface area (TPSA) is 9.23 Å². The van der Waals surface area contributed by atoms with E-state index in [1.165, 1.54) is 30.2 Å². The highest BCUT2D eigenvalue weighted by Gasteiger charge is 2.37. The molecule has 0 aliphatic rings.